The number of benzene rings is 1. The summed E-state index contributed by atoms with van der Waals surface area (Å²) in [5.41, 5.74) is 1.24. The summed E-state index contributed by atoms with van der Waals surface area (Å²) < 4.78 is 13.5. The van der Waals surface area contributed by atoms with Crippen LogP contribution < -0.4 is 4.90 Å². The van der Waals surface area contributed by atoms with Crippen LogP contribution >= 0.6 is 0 Å². The Labute approximate surface area is 166 Å². The molecule has 0 radical (unpaired) electrons. The van der Waals surface area contributed by atoms with E-state index in [1.54, 1.807) is 17.3 Å². The monoisotopic (exact) mass is 390 g/mol. The number of nitrogens with zero attached hydrogens (tertiary/aromatic N) is 5. The van der Waals surface area contributed by atoms with Crippen molar-refractivity contribution in [2.75, 3.05) is 25.0 Å². The SMILES string of the molecule is CN(c1ncnc2[nH]ccc12)C1CC2(C1)CN(C(=O)c1ccc(F)c(C#N)c1)C2. The largest absolute Gasteiger partial charge is 0.356 e. The molecule has 2 aliphatic rings. The summed E-state index contributed by atoms with van der Waals surface area (Å²) in [5, 5.41) is 9.97. The molecule has 3 heterocycles. The van der Waals surface area contributed by atoms with E-state index >= 15 is 0 Å². The average molecular weight is 390 g/mol. The zero-order valence-electron chi connectivity index (χ0n) is 15.9. The summed E-state index contributed by atoms with van der Waals surface area (Å²) in [4.78, 5) is 28.4. The summed E-state index contributed by atoms with van der Waals surface area (Å²) >= 11 is 0. The Kier molecular flexibility index (Phi) is 3.81. The van der Waals surface area contributed by atoms with Gasteiger partial charge in [-0.05, 0) is 37.1 Å². The molecule has 29 heavy (non-hydrogen) atoms. The van der Waals surface area contributed by atoms with Crippen LogP contribution in [0.4, 0.5) is 10.2 Å². The Morgan fingerprint density at radius 2 is 2.14 bits per heavy atom. The number of nitrogens with one attached hydrogen (secondary N) is 1. The second-order valence-corrected chi connectivity index (χ2v) is 8.08. The molecule has 0 bridgehead atoms. The standard InChI is InChI=1S/C21H19FN6O/c1-27(19-16-4-5-24-18(16)25-12-26-19)15-7-21(8-15)10-28(11-21)20(29)13-2-3-17(22)14(6-13)9-23/h2-6,12,15H,7-8,10-11H2,1H3,(H,24,25,26). The summed E-state index contributed by atoms with van der Waals surface area (Å²) in [6.07, 6.45) is 5.43. The van der Waals surface area contributed by atoms with Crippen LogP contribution in [-0.2, 0) is 0 Å². The van der Waals surface area contributed by atoms with Gasteiger partial charge in [-0.15, -0.1) is 0 Å². The third kappa shape index (κ3) is 2.73. The van der Waals surface area contributed by atoms with E-state index in [-0.39, 0.29) is 16.9 Å². The zero-order valence-corrected chi connectivity index (χ0v) is 15.9. The third-order valence-corrected chi connectivity index (χ3v) is 6.23. The van der Waals surface area contributed by atoms with Crippen molar-refractivity contribution in [1.82, 2.24) is 19.9 Å². The van der Waals surface area contributed by atoms with E-state index in [2.05, 4.69) is 26.9 Å². The highest BCUT2D eigenvalue weighted by Gasteiger charge is 2.55. The number of nitriles is 1. The van der Waals surface area contributed by atoms with Crippen LogP contribution in [0, 0.1) is 22.6 Å². The van der Waals surface area contributed by atoms with Gasteiger partial charge in [0.2, 0.25) is 0 Å². The van der Waals surface area contributed by atoms with Gasteiger partial charge >= 0.3 is 0 Å². The lowest BCUT2D eigenvalue weighted by Gasteiger charge is -2.60. The van der Waals surface area contributed by atoms with E-state index in [0.717, 1.165) is 29.7 Å². The number of fused-ring (bicyclic) bond motifs is 1. The maximum absolute atomic E-state index is 13.5. The van der Waals surface area contributed by atoms with Gasteiger partial charge in [0.15, 0.2) is 0 Å². The molecule has 2 fully saturated rings. The van der Waals surface area contributed by atoms with Crippen molar-refractivity contribution in [3.63, 3.8) is 0 Å². The van der Waals surface area contributed by atoms with Gasteiger partial charge in [0.05, 0.1) is 10.9 Å². The van der Waals surface area contributed by atoms with Crippen molar-refractivity contribution in [3.05, 3.63) is 53.7 Å². The number of aromatic amines is 1. The number of hydrogen-bond donors (Lipinski definition) is 1. The van der Waals surface area contributed by atoms with Crippen LogP contribution in [0.2, 0.25) is 0 Å². The minimum atomic E-state index is -0.602. The van der Waals surface area contributed by atoms with Crippen molar-refractivity contribution in [3.8, 4) is 6.07 Å². The van der Waals surface area contributed by atoms with E-state index in [9.17, 15) is 9.18 Å². The van der Waals surface area contributed by atoms with Gasteiger partial charge in [-0.25, -0.2) is 14.4 Å². The highest BCUT2D eigenvalue weighted by atomic mass is 19.1. The van der Waals surface area contributed by atoms with Crippen LogP contribution in [0.15, 0.2) is 36.8 Å². The molecule has 1 spiro atoms. The molecule has 1 saturated carbocycles. The van der Waals surface area contributed by atoms with Crippen molar-refractivity contribution in [2.24, 2.45) is 5.41 Å². The smallest absolute Gasteiger partial charge is 0.253 e. The van der Waals surface area contributed by atoms with Gasteiger partial charge in [-0.3, -0.25) is 4.79 Å². The van der Waals surface area contributed by atoms with E-state index in [0.29, 0.717) is 24.7 Å². The van der Waals surface area contributed by atoms with Crippen LogP contribution in [-0.4, -0.2) is 51.9 Å². The number of hydrogen-bond acceptors (Lipinski definition) is 5. The molecule has 2 aromatic heterocycles. The average Bonchev–Trinajstić information content (AvgIpc) is 3.14. The first-order chi connectivity index (χ1) is 14.0. The zero-order chi connectivity index (χ0) is 20.2. The fraction of sp³-hybridized carbons (Fsp3) is 0.333. The number of H-pyrrole nitrogens is 1. The summed E-state index contributed by atoms with van der Waals surface area (Å²) in [5.74, 6) is 0.169. The van der Waals surface area contributed by atoms with E-state index in [1.165, 1.54) is 18.2 Å². The van der Waals surface area contributed by atoms with Crippen LogP contribution in [0.5, 0.6) is 0 Å². The number of carbonyl (C=O) groups excluding carboxylic acids is 1. The molecule has 7 nitrogen and oxygen atoms in total. The summed E-state index contributed by atoms with van der Waals surface area (Å²) in [6, 6.07) is 8.09. The lowest BCUT2D eigenvalue weighted by Crippen LogP contribution is -2.67. The molecule has 1 saturated heterocycles. The molecule has 1 amide bonds. The molecule has 5 rings (SSSR count). The van der Waals surface area contributed by atoms with Crippen molar-refractivity contribution in [1.29, 1.82) is 5.26 Å². The Morgan fingerprint density at radius 1 is 1.34 bits per heavy atom. The molecule has 146 valence electrons. The minimum Gasteiger partial charge on any atom is -0.356 e. The second kappa shape index (κ2) is 6.27. The Balaban J connectivity index is 1.23. The fourth-order valence-corrected chi connectivity index (χ4v) is 4.62. The molecule has 1 aromatic carbocycles. The number of carbonyl (C=O) groups is 1. The number of halogens is 1. The van der Waals surface area contributed by atoms with Crippen molar-refractivity contribution < 1.29 is 9.18 Å². The van der Waals surface area contributed by atoms with E-state index < -0.39 is 5.82 Å². The van der Waals surface area contributed by atoms with Gasteiger partial charge in [0, 0.05) is 43.4 Å². The molecule has 1 N–H and O–H groups in total. The molecule has 0 atom stereocenters. The molecule has 0 unspecified atom stereocenters. The lowest BCUT2D eigenvalue weighted by molar-refractivity contribution is -0.0541. The first-order valence-electron chi connectivity index (χ1n) is 9.49. The van der Waals surface area contributed by atoms with Crippen LogP contribution in [0.1, 0.15) is 28.8 Å². The number of likely N-dealkylation sites (tertiary alicyclic amines) is 1. The predicted octanol–water partition coefficient (Wildman–Crippen LogP) is 2.71. The minimum absolute atomic E-state index is 0.0997. The maximum Gasteiger partial charge on any atom is 0.253 e. The Morgan fingerprint density at radius 3 is 2.90 bits per heavy atom. The molecule has 8 heteroatoms. The molecular formula is C21H19FN6O. The van der Waals surface area contributed by atoms with Gasteiger partial charge in [-0.1, -0.05) is 0 Å². The molecule has 1 aliphatic heterocycles. The Hall–Kier alpha value is -3.47. The van der Waals surface area contributed by atoms with Gasteiger partial charge in [0.25, 0.3) is 5.91 Å². The first-order valence-corrected chi connectivity index (χ1v) is 9.49. The fourth-order valence-electron chi connectivity index (χ4n) is 4.62. The van der Waals surface area contributed by atoms with Gasteiger partial charge in [0.1, 0.15) is 29.7 Å². The first kappa shape index (κ1) is 17.6. The molecule has 1 aliphatic carbocycles. The number of anilines is 1. The molecule has 3 aromatic rings. The highest BCUT2D eigenvalue weighted by molar-refractivity contribution is 5.95. The van der Waals surface area contributed by atoms with Crippen LogP contribution in [0.3, 0.4) is 0 Å². The lowest BCUT2D eigenvalue weighted by atomic mass is 9.60. The van der Waals surface area contributed by atoms with Crippen molar-refractivity contribution in [2.45, 2.75) is 18.9 Å². The number of rotatable bonds is 3. The van der Waals surface area contributed by atoms with Gasteiger partial charge in [-0.2, -0.15) is 5.26 Å². The highest BCUT2D eigenvalue weighted by Crippen LogP contribution is 2.51. The van der Waals surface area contributed by atoms with Crippen LogP contribution in [0.25, 0.3) is 11.0 Å². The van der Waals surface area contributed by atoms with Crippen molar-refractivity contribution >= 4 is 22.8 Å². The quantitative estimate of drug-likeness (QED) is 0.743. The van der Waals surface area contributed by atoms with E-state index in [1.807, 2.05) is 12.3 Å². The third-order valence-electron chi connectivity index (χ3n) is 6.23. The molecular weight excluding hydrogens is 371 g/mol. The second-order valence-electron chi connectivity index (χ2n) is 8.08. The topological polar surface area (TPSA) is 88.9 Å². The summed E-state index contributed by atoms with van der Waals surface area (Å²) in [6.45, 7) is 1.39. The normalized spacial score (nSPS) is 17.6. The summed E-state index contributed by atoms with van der Waals surface area (Å²) in [7, 11) is 2.05. The predicted molar refractivity (Wildman–Crippen MR) is 105 cm³/mol. The number of aromatic nitrogens is 3. The number of amides is 1. The van der Waals surface area contributed by atoms with E-state index in [4.69, 9.17) is 5.26 Å². The Bertz CT molecular complexity index is 1150. The van der Waals surface area contributed by atoms with Gasteiger partial charge < -0.3 is 14.8 Å². The maximum atomic E-state index is 13.5.